The van der Waals surface area contributed by atoms with E-state index in [-0.39, 0.29) is 11.8 Å². The van der Waals surface area contributed by atoms with Crippen molar-refractivity contribution < 1.29 is 19.1 Å². The fourth-order valence-corrected chi connectivity index (χ4v) is 5.51. The molecule has 6 nitrogen and oxygen atoms in total. The Kier molecular flexibility index (Phi) is 8.31. The van der Waals surface area contributed by atoms with Crippen molar-refractivity contribution in [3.05, 3.63) is 69.6 Å². The largest absolute Gasteiger partial charge is 0.492 e. The first kappa shape index (κ1) is 25.1. The minimum atomic E-state index is -0.757. The van der Waals surface area contributed by atoms with Gasteiger partial charge in [-0.3, -0.25) is 9.59 Å². The first-order valence-corrected chi connectivity index (χ1v) is 13.1. The zero-order chi connectivity index (χ0) is 24.8. The molecule has 2 aromatic carbocycles. The lowest BCUT2D eigenvalue weighted by Crippen LogP contribution is -2.30. The second-order valence-electron chi connectivity index (χ2n) is 8.36. The van der Waals surface area contributed by atoms with Crippen molar-refractivity contribution in [1.29, 1.82) is 0 Å². The third-order valence-electron chi connectivity index (χ3n) is 5.82. The van der Waals surface area contributed by atoms with Crippen LogP contribution in [0.5, 0.6) is 11.5 Å². The van der Waals surface area contributed by atoms with E-state index in [9.17, 15) is 9.59 Å². The van der Waals surface area contributed by atoms with Gasteiger partial charge >= 0.3 is 0 Å². The Morgan fingerprint density at radius 2 is 1.77 bits per heavy atom. The number of para-hydroxylation sites is 2. The molecular weight excluding hydrogens is 484 g/mol. The second kappa shape index (κ2) is 11.6. The van der Waals surface area contributed by atoms with Gasteiger partial charge in [0.2, 0.25) is 0 Å². The van der Waals surface area contributed by atoms with E-state index in [1.54, 1.807) is 31.2 Å². The van der Waals surface area contributed by atoms with E-state index >= 15 is 0 Å². The Morgan fingerprint density at radius 1 is 1.03 bits per heavy atom. The normalized spacial score (nSPS) is 13.8. The number of benzene rings is 2. The number of anilines is 2. The van der Waals surface area contributed by atoms with Crippen molar-refractivity contribution >= 4 is 45.4 Å². The second-order valence-corrected chi connectivity index (χ2v) is 9.90. The van der Waals surface area contributed by atoms with Gasteiger partial charge in [-0.25, -0.2) is 0 Å². The van der Waals surface area contributed by atoms with Crippen LogP contribution in [-0.4, -0.2) is 24.5 Å². The highest BCUT2D eigenvalue weighted by molar-refractivity contribution is 7.17. The molecule has 0 radical (unpaired) electrons. The van der Waals surface area contributed by atoms with E-state index in [2.05, 4.69) is 10.6 Å². The van der Waals surface area contributed by atoms with E-state index in [4.69, 9.17) is 21.1 Å². The average molecular weight is 513 g/mol. The molecule has 35 heavy (non-hydrogen) atoms. The van der Waals surface area contributed by atoms with Gasteiger partial charge in [-0.1, -0.05) is 30.2 Å². The first-order valence-electron chi connectivity index (χ1n) is 11.9. The summed E-state index contributed by atoms with van der Waals surface area (Å²) in [7, 11) is 0. The van der Waals surface area contributed by atoms with Crippen LogP contribution in [0.2, 0.25) is 5.02 Å². The molecule has 1 unspecified atom stereocenters. The standard InChI is InChI=1S/C27H29ClN2O4S/c1-3-33-22-11-8-7-10-21(22)29-26(32)24-20-9-5-4-6-12-23(20)35-27(24)30-25(31)17(2)34-19-15-13-18(28)14-16-19/h7-8,10-11,13-17H,3-6,9,12H2,1-2H3,(H,29,32)(H,30,31). The summed E-state index contributed by atoms with van der Waals surface area (Å²) < 4.78 is 11.5. The van der Waals surface area contributed by atoms with Crippen molar-refractivity contribution in [2.45, 2.75) is 52.1 Å². The third kappa shape index (κ3) is 6.16. The minimum absolute atomic E-state index is 0.252. The summed E-state index contributed by atoms with van der Waals surface area (Å²) in [5.41, 5.74) is 2.16. The summed E-state index contributed by atoms with van der Waals surface area (Å²) in [6, 6.07) is 14.2. The van der Waals surface area contributed by atoms with Crippen molar-refractivity contribution in [2.24, 2.45) is 0 Å². The Bertz CT molecular complexity index is 1190. The number of ether oxygens (including phenoxy) is 2. The number of carbonyl (C=O) groups excluding carboxylic acids is 2. The number of halogens is 1. The number of hydrogen-bond donors (Lipinski definition) is 2. The van der Waals surface area contributed by atoms with Gasteiger partial charge in [-0.2, -0.15) is 0 Å². The molecule has 1 atom stereocenters. The lowest BCUT2D eigenvalue weighted by atomic mass is 10.0. The topological polar surface area (TPSA) is 76.7 Å². The Morgan fingerprint density at radius 3 is 2.54 bits per heavy atom. The molecule has 3 aromatic rings. The molecule has 184 valence electrons. The van der Waals surface area contributed by atoms with Gasteiger partial charge in [-0.15, -0.1) is 11.3 Å². The fourth-order valence-electron chi connectivity index (χ4n) is 4.09. The highest BCUT2D eigenvalue weighted by Crippen LogP contribution is 2.38. The Hall–Kier alpha value is -3.03. The number of carbonyl (C=O) groups is 2. The molecule has 0 fully saturated rings. The maximum atomic E-state index is 13.6. The van der Waals surface area contributed by atoms with Crippen molar-refractivity contribution in [3.63, 3.8) is 0 Å². The molecule has 1 aliphatic carbocycles. The quantitative estimate of drug-likeness (QED) is 0.328. The smallest absolute Gasteiger partial charge is 0.265 e. The molecule has 0 saturated heterocycles. The molecule has 0 spiro atoms. The molecule has 4 rings (SSSR count). The molecular formula is C27H29ClN2O4S. The zero-order valence-corrected chi connectivity index (χ0v) is 21.4. The number of rotatable bonds is 8. The van der Waals surface area contributed by atoms with Gasteiger partial charge in [0.1, 0.15) is 16.5 Å². The molecule has 0 bridgehead atoms. The van der Waals surface area contributed by atoms with Crippen LogP contribution in [0, 0.1) is 0 Å². The van der Waals surface area contributed by atoms with E-state index in [0.717, 1.165) is 42.5 Å². The number of amides is 2. The van der Waals surface area contributed by atoms with Crippen LogP contribution < -0.4 is 20.1 Å². The van der Waals surface area contributed by atoms with Crippen molar-refractivity contribution in [3.8, 4) is 11.5 Å². The number of nitrogens with one attached hydrogen (secondary N) is 2. The minimum Gasteiger partial charge on any atom is -0.492 e. The Labute approximate surface area is 214 Å². The lowest BCUT2D eigenvalue weighted by Gasteiger charge is -2.16. The van der Waals surface area contributed by atoms with Gasteiger partial charge in [0.15, 0.2) is 6.10 Å². The molecule has 1 aromatic heterocycles. The van der Waals surface area contributed by atoms with Crippen LogP contribution in [0.25, 0.3) is 0 Å². The van der Waals surface area contributed by atoms with E-state index in [1.165, 1.54) is 11.3 Å². The highest BCUT2D eigenvalue weighted by Gasteiger charge is 2.27. The molecule has 2 amide bonds. The molecule has 8 heteroatoms. The summed E-state index contributed by atoms with van der Waals surface area (Å²) >= 11 is 7.42. The lowest BCUT2D eigenvalue weighted by molar-refractivity contribution is -0.122. The molecule has 2 N–H and O–H groups in total. The van der Waals surface area contributed by atoms with Crippen LogP contribution in [0.3, 0.4) is 0 Å². The number of hydrogen-bond acceptors (Lipinski definition) is 5. The van der Waals surface area contributed by atoms with E-state index in [0.29, 0.717) is 39.4 Å². The van der Waals surface area contributed by atoms with Crippen LogP contribution >= 0.6 is 22.9 Å². The van der Waals surface area contributed by atoms with Crippen LogP contribution in [0.15, 0.2) is 48.5 Å². The summed E-state index contributed by atoms with van der Waals surface area (Å²) in [6.07, 6.45) is 4.18. The van der Waals surface area contributed by atoms with Crippen molar-refractivity contribution in [2.75, 3.05) is 17.2 Å². The maximum absolute atomic E-state index is 13.6. The van der Waals surface area contributed by atoms with Gasteiger partial charge in [0, 0.05) is 9.90 Å². The van der Waals surface area contributed by atoms with Crippen molar-refractivity contribution in [1.82, 2.24) is 0 Å². The van der Waals surface area contributed by atoms with Gasteiger partial charge in [-0.05, 0) is 81.5 Å². The highest BCUT2D eigenvalue weighted by atomic mass is 35.5. The van der Waals surface area contributed by atoms with Gasteiger partial charge < -0.3 is 20.1 Å². The molecule has 1 aliphatic rings. The van der Waals surface area contributed by atoms with E-state index < -0.39 is 6.10 Å². The zero-order valence-electron chi connectivity index (χ0n) is 19.9. The first-order chi connectivity index (χ1) is 17.0. The van der Waals surface area contributed by atoms with Gasteiger partial charge in [0.25, 0.3) is 11.8 Å². The average Bonchev–Trinajstić information content (AvgIpc) is 3.02. The van der Waals surface area contributed by atoms with E-state index in [1.807, 2.05) is 31.2 Å². The van der Waals surface area contributed by atoms with Crippen LogP contribution in [0.4, 0.5) is 10.7 Å². The molecule has 1 heterocycles. The SMILES string of the molecule is CCOc1ccccc1NC(=O)c1c(NC(=O)C(C)Oc2ccc(Cl)cc2)sc2c1CCCCC2. The summed E-state index contributed by atoms with van der Waals surface area (Å²) in [5.74, 6) is 0.586. The number of thiophene rings is 1. The fraction of sp³-hybridized carbons (Fsp3) is 0.333. The van der Waals surface area contributed by atoms with Crippen LogP contribution in [-0.2, 0) is 17.6 Å². The maximum Gasteiger partial charge on any atom is 0.265 e. The summed E-state index contributed by atoms with van der Waals surface area (Å²) in [4.78, 5) is 27.7. The predicted octanol–water partition coefficient (Wildman–Crippen LogP) is 6.73. The monoisotopic (exact) mass is 512 g/mol. The summed E-state index contributed by atoms with van der Waals surface area (Å²) in [6.45, 7) is 4.08. The van der Waals surface area contributed by atoms with Crippen LogP contribution in [0.1, 0.15) is 53.9 Å². The predicted molar refractivity (Wildman–Crippen MR) is 141 cm³/mol. The van der Waals surface area contributed by atoms with Gasteiger partial charge in [0.05, 0.1) is 17.9 Å². The number of fused-ring (bicyclic) bond motifs is 1. The third-order valence-corrected chi connectivity index (χ3v) is 7.28. The molecule has 0 aliphatic heterocycles. The molecule has 0 saturated carbocycles. The Balaban J connectivity index is 1.58. The number of aryl methyl sites for hydroxylation is 1. The summed E-state index contributed by atoms with van der Waals surface area (Å²) in [5, 5.41) is 7.12.